The molecule has 1 heterocycles. The van der Waals surface area contributed by atoms with Crippen molar-refractivity contribution in [3.05, 3.63) is 41.7 Å². The number of likely N-dealkylation sites (N-methyl/N-ethyl adjacent to an activating group) is 1. The van der Waals surface area contributed by atoms with Crippen LogP contribution in [0.3, 0.4) is 0 Å². The molecule has 0 aliphatic rings. The number of anilines is 1. The standard InChI is InChI=1S/C15H17N3O2/c1-10-4-5-12(6-11(10)2)13-7-14(17-9-16-13)18(3)8-15(19)20/h4-7,9H,8H2,1-3H3,(H,19,20). The number of aromatic nitrogens is 2. The van der Waals surface area contributed by atoms with Gasteiger partial charge < -0.3 is 10.0 Å². The molecule has 1 N–H and O–H groups in total. The molecule has 2 rings (SSSR count). The van der Waals surface area contributed by atoms with Gasteiger partial charge in [0.1, 0.15) is 18.7 Å². The van der Waals surface area contributed by atoms with E-state index >= 15 is 0 Å². The van der Waals surface area contributed by atoms with E-state index in [1.54, 1.807) is 18.0 Å². The van der Waals surface area contributed by atoms with E-state index in [-0.39, 0.29) is 6.54 Å². The van der Waals surface area contributed by atoms with Gasteiger partial charge in [-0.3, -0.25) is 4.79 Å². The Labute approximate surface area is 117 Å². The van der Waals surface area contributed by atoms with Crippen LogP contribution in [0.15, 0.2) is 30.6 Å². The molecule has 0 spiro atoms. The molecule has 0 fully saturated rings. The van der Waals surface area contributed by atoms with Gasteiger partial charge in [-0.05, 0) is 31.0 Å². The second-order valence-electron chi connectivity index (χ2n) is 4.81. The highest BCUT2D eigenvalue weighted by Gasteiger charge is 2.09. The Morgan fingerprint density at radius 3 is 2.60 bits per heavy atom. The molecular weight excluding hydrogens is 254 g/mol. The molecular formula is C15H17N3O2. The minimum absolute atomic E-state index is 0.0939. The van der Waals surface area contributed by atoms with E-state index in [0.717, 1.165) is 11.3 Å². The van der Waals surface area contributed by atoms with Crippen LogP contribution >= 0.6 is 0 Å². The number of hydrogen-bond donors (Lipinski definition) is 1. The minimum atomic E-state index is -0.890. The molecule has 0 saturated heterocycles. The van der Waals surface area contributed by atoms with Crippen LogP contribution in [-0.4, -0.2) is 34.6 Å². The Balaban J connectivity index is 2.33. The summed E-state index contributed by atoms with van der Waals surface area (Å²) in [6, 6.07) is 7.92. The van der Waals surface area contributed by atoms with E-state index in [0.29, 0.717) is 5.82 Å². The smallest absolute Gasteiger partial charge is 0.323 e. The number of carboxylic acid groups (broad SMARTS) is 1. The Bertz CT molecular complexity index is 641. The number of aryl methyl sites for hydroxylation is 2. The van der Waals surface area contributed by atoms with E-state index in [2.05, 4.69) is 29.9 Å². The van der Waals surface area contributed by atoms with Crippen molar-refractivity contribution in [1.82, 2.24) is 9.97 Å². The third-order valence-electron chi connectivity index (χ3n) is 3.22. The van der Waals surface area contributed by atoms with Crippen LogP contribution in [0.1, 0.15) is 11.1 Å². The average Bonchev–Trinajstić information content (AvgIpc) is 2.41. The van der Waals surface area contributed by atoms with E-state index in [1.165, 1.54) is 17.5 Å². The van der Waals surface area contributed by atoms with Crippen molar-refractivity contribution in [1.29, 1.82) is 0 Å². The van der Waals surface area contributed by atoms with Gasteiger partial charge in [-0.2, -0.15) is 0 Å². The fourth-order valence-electron chi connectivity index (χ4n) is 1.90. The normalized spacial score (nSPS) is 10.3. The zero-order valence-corrected chi connectivity index (χ0v) is 11.8. The van der Waals surface area contributed by atoms with Gasteiger partial charge in [-0.1, -0.05) is 12.1 Å². The van der Waals surface area contributed by atoms with Crippen LogP contribution in [0.5, 0.6) is 0 Å². The Morgan fingerprint density at radius 2 is 1.95 bits per heavy atom. The predicted octanol–water partition coefficient (Wildman–Crippen LogP) is 2.28. The lowest BCUT2D eigenvalue weighted by atomic mass is 10.0. The molecule has 0 unspecified atom stereocenters. The van der Waals surface area contributed by atoms with Crippen LogP contribution in [-0.2, 0) is 4.79 Å². The zero-order chi connectivity index (χ0) is 14.7. The summed E-state index contributed by atoms with van der Waals surface area (Å²) in [5.74, 6) is -0.297. The largest absolute Gasteiger partial charge is 0.480 e. The van der Waals surface area contributed by atoms with Crippen LogP contribution in [0.4, 0.5) is 5.82 Å². The molecule has 1 aromatic heterocycles. The van der Waals surface area contributed by atoms with Gasteiger partial charge in [0, 0.05) is 18.7 Å². The molecule has 0 atom stereocenters. The summed E-state index contributed by atoms with van der Waals surface area (Å²) in [5, 5.41) is 8.81. The van der Waals surface area contributed by atoms with Gasteiger partial charge in [0.15, 0.2) is 0 Å². The maximum Gasteiger partial charge on any atom is 0.323 e. The highest BCUT2D eigenvalue weighted by atomic mass is 16.4. The second-order valence-corrected chi connectivity index (χ2v) is 4.81. The summed E-state index contributed by atoms with van der Waals surface area (Å²) < 4.78 is 0. The van der Waals surface area contributed by atoms with E-state index in [1.807, 2.05) is 12.1 Å². The minimum Gasteiger partial charge on any atom is -0.480 e. The number of aliphatic carboxylic acids is 1. The molecule has 0 aliphatic carbocycles. The molecule has 5 nitrogen and oxygen atoms in total. The third kappa shape index (κ3) is 3.12. The van der Waals surface area contributed by atoms with Crippen LogP contribution < -0.4 is 4.90 Å². The average molecular weight is 271 g/mol. The zero-order valence-electron chi connectivity index (χ0n) is 11.8. The van der Waals surface area contributed by atoms with Crippen molar-refractivity contribution >= 4 is 11.8 Å². The lowest BCUT2D eigenvalue weighted by molar-refractivity contribution is -0.135. The summed E-state index contributed by atoms with van der Waals surface area (Å²) in [7, 11) is 1.70. The number of hydrogen-bond acceptors (Lipinski definition) is 4. The van der Waals surface area contributed by atoms with Crippen LogP contribution in [0, 0.1) is 13.8 Å². The van der Waals surface area contributed by atoms with Gasteiger partial charge in [0.25, 0.3) is 0 Å². The number of benzene rings is 1. The second kappa shape index (κ2) is 5.69. The van der Waals surface area contributed by atoms with Crippen molar-refractivity contribution in [3.63, 3.8) is 0 Å². The summed E-state index contributed by atoms with van der Waals surface area (Å²) in [5.41, 5.74) is 4.21. The van der Waals surface area contributed by atoms with E-state index < -0.39 is 5.97 Å². The molecule has 2 aromatic rings. The highest BCUT2D eigenvalue weighted by molar-refractivity contribution is 5.73. The molecule has 0 bridgehead atoms. The first-order valence-corrected chi connectivity index (χ1v) is 6.30. The van der Waals surface area contributed by atoms with Crippen LogP contribution in [0.2, 0.25) is 0 Å². The SMILES string of the molecule is Cc1ccc(-c2cc(N(C)CC(=O)O)ncn2)cc1C. The van der Waals surface area contributed by atoms with Crippen molar-refractivity contribution in [2.75, 3.05) is 18.5 Å². The Kier molecular flexibility index (Phi) is 3.98. The molecule has 0 aliphatic heterocycles. The molecule has 1 aromatic carbocycles. The maximum atomic E-state index is 10.7. The van der Waals surface area contributed by atoms with Gasteiger partial charge >= 0.3 is 5.97 Å². The van der Waals surface area contributed by atoms with Crippen molar-refractivity contribution in [2.24, 2.45) is 0 Å². The van der Waals surface area contributed by atoms with Crippen molar-refractivity contribution in [3.8, 4) is 11.3 Å². The van der Waals surface area contributed by atoms with Crippen LogP contribution in [0.25, 0.3) is 11.3 Å². The van der Waals surface area contributed by atoms with Crippen molar-refractivity contribution < 1.29 is 9.90 Å². The molecule has 0 radical (unpaired) electrons. The summed E-state index contributed by atoms with van der Waals surface area (Å²) in [6.45, 7) is 4.02. The molecule has 0 amide bonds. The summed E-state index contributed by atoms with van der Waals surface area (Å²) in [6.07, 6.45) is 1.46. The first-order chi connectivity index (χ1) is 9.47. The lowest BCUT2D eigenvalue weighted by Gasteiger charge is -2.15. The predicted molar refractivity (Wildman–Crippen MR) is 77.8 cm³/mol. The lowest BCUT2D eigenvalue weighted by Crippen LogP contribution is -2.25. The van der Waals surface area contributed by atoms with Gasteiger partial charge in [0.05, 0.1) is 5.69 Å². The van der Waals surface area contributed by atoms with Gasteiger partial charge in [0.2, 0.25) is 0 Å². The Morgan fingerprint density at radius 1 is 1.20 bits per heavy atom. The number of carboxylic acids is 1. The highest BCUT2D eigenvalue weighted by Crippen LogP contribution is 2.22. The topological polar surface area (TPSA) is 66.3 Å². The number of carbonyl (C=O) groups is 1. The fraction of sp³-hybridized carbons (Fsp3) is 0.267. The summed E-state index contributed by atoms with van der Waals surface area (Å²) >= 11 is 0. The van der Waals surface area contributed by atoms with Gasteiger partial charge in [-0.15, -0.1) is 0 Å². The number of rotatable bonds is 4. The van der Waals surface area contributed by atoms with E-state index in [4.69, 9.17) is 5.11 Å². The quantitative estimate of drug-likeness (QED) is 0.924. The Hall–Kier alpha value is -2.43. The maximum absolute atomic E-state index is 10.7. The fourth-order valence-corrected chi connectivity index (χ4v) is 1.90. The van der Waals surface area contributed by atoms with Crippen molar-refractivity contribution in [2.45, 2.75) is 13.8 Å². The molecule has 20 heavy (non-hydrogen) atoms. The first kappa shape index (κ1) is 14.0. The first-order valence-electron chi connectivity index (χ1n) is 6.30. The van der Waals surface area contributed by atoms with E-state index in [9.17, 15) is 4.79 Å². The molecule has 0 saturated carbocycles. The number of nitrogens with zero attached hydrogens (tertiary/aromatic N) is 3. The monoisotopic (exact) mass is 271 g/mol. The third-order valence-corrected chi connectivity index (χ3v) is 3.22. The molecule has 104 valence electrons. The van der Waals surface area contributed by atoms with Gasteiger partial charge in [-0.25, -0.2) is 9.97 Å². The summed E-state index contributed by atoms with van der Waals surface area (Å²) in [4.78, 5) is 20.7. The molecule has 5 heteroatoms.